The summed E-state index contributed by atoms with van der Waals surface area (Å²) in [6.45, 7) is 2.43. The van der Waals surface area contributed by atoms with Gasteiger partial charge in [0.15, 0.2) is 0 Å². The molecule has 1 heterocycles. The number of hydrogen-bond donors (Lipinski definition) is 1. The zero-order chi connectivity index (χ0) is 13.2. The molecule has 0 unspecified atom stereocenters. The molecule has 1 N–H and O–H groups in total. The summed E-state index contributed by atoms with van der Waals surface area (Å²) >= 11 is 11.1. The lowest BCUT2D eigenvalue weighted by Gasteiger charge is -2.06. The van der Waals surface area contributed by atoms with E-state index in [1.54, 1.807) is 13.3 Å². The van der Waals surface area contributed by atoms with Crippen molar-refractivity contribution < 1.29 is 9.47 Å². The number of pyridine rings is 1. The Balaban J connectivity index is 2.33. The number of ether oxygens (including phenoxy) is 2. The predicted octanol–water partition coefficient (Wildman–Crippen LogP) is 2.52. The van der Waals surface area contributed by atoms with Crippen LogP contribution in [-0.4, -0.2) is 31.9 Å². The van der Waals surface area contributed by atoms with Crippen molar-refractivity contribution in [2.45, 2.75) is 6.54 Å². The molecule has 0 aliphatic carbocycles. The van der Waals surface area contributed by atoms with Crippen molar-refractivity contribution in [3.05, 3.63) is 34.6 Å². The van der Waals surface area contributed by atoms with Crippen LogP contribution in [0, 0.1) is 0 Å². The number of aromatic nitrogens is 1. The molecule has 4 nitrogen and oxygen atoms in total. The van der Waals surface area contributed by atoms with Crippen LogP contribution in [-0.2, 0) is 11.3 Å². The molecule has 18 heavy (non-hydrogen) atoms. The number of hydrogen-bond acceptors (Lipinski definition) is 4. The first kappa shape index (κ1) is 15.2. The molecular weight excluding hydrogens is 275 g/mol. The Kier molecular flexibility index (Phi) is 7.76. The minimum absolute atomic E-state index is 0.248. The SMILES string of the molecule is COCCNCc1ccc(OCC(Cl)=CCl)cn1. The first-order chi connectivity index (χ1) is 8.76. The third-order valence-electron chi connectivity index (χ3n) is 2.08. The van der Waals surface area contributed by atoms with Gasteiger partial charge in [-0.25, -0.2) is 0 Å². The summed E-state index contributed by atoms with van der Waals surface area (Å²) in [5, 5.41) is 3.65. The maximum Gasteiger partial charge on any atom is 0.138 e. The van der Waals surface area contributed by atoms with E-state index in [-0.39, 0.29) is 6.61 Å². The lowest BCUT2D eigenvalue weighted by molar-refractivity contribution is 0.199. The van der Waals surface area contributed by atoms with Crippen molar-refractivity contribution >= 4 is 23.2 Å². The van der Waals surface area contributed by atoms with Crippen LogP contribution < -0.4 is 10.1 Å². The average Bonchev–Trinajstić information content (AvgIpc) is 2.42. The molecule has 0 radical (unpaired) electrons. The molecule has 0 fully saturated rings. The largest absolute Gasteiger partial charge is 0.486 e. The zero-order valence-corrected chi connectivity index (χ0v) is 11.7. The fourth-order valence-electron chi connectivity index (χ4n) is 1.18. The van der Waals surface area contributed by atoms with Gasteiger partial charge in [-0.2, -0.15) is 0 Å². The van der Waals surface area contributed by atoms with E-state index in [9.17, 15) is 0 Å². The topological polar surface area (TPSA) is 43.4 Å². The Morgan fingerprint density at radius 2 is 2.33 bits per heavy atom. The van der Waals surface area contributed by atoms with Crippen molar-refractivity contribution in [1.82, 2.24) is 10.3 Å². The molecule has 0 aliphatic heterocycles. The van der Waals surface area contributed by atoms with Gasteiger partial charge in [-0.15, -0.1) is 0 Å². The Morgan fingerprint density at radius 1 is 1.50 bits per heavy atom. The highest BCUT2D eigenvalue weighted by Gasteiger charge is 1.98. The highest BCUT2D eigenvalue weighted by atomic mass is 35.5. The number of methoxy groups -OCH3 is 1. The van der Waals surface area contributed by atoms with Gasteiger partial charge in [0.25, 0.3) is 0 Å². The van der Waals surface area contributed by atoms with Gasteiger partial charge in [0, 0.05) is 25.7 Å². The molecule has 0 saturated heterocycles. The van der Waals surface area contributed by atoms with Crippen molar-refractivity contribution in [1.29, 1.82) is 0 Å². The molecule has 0 amide bonds. The van der Waals surface area contributed by atoms with Gasteiger partial charge in [-0.05, 0) is 12.1 Å². The van der Waals surface area contributed by atoms with E-state index in [2.05, 4.69) is 10.3 Å². The maximum absolute atomic E-state index is 5.71. The fraction of sp³-hybridized carbons (Fsp3) is 0.417. The zero-order valence-electron chi connectivity index (χ0n) is 10.2. The van der Waals surface area contributed by atoms with Gasteiger partial charge < -0.3 is 14.8 Å². The monoisotopic (exact) mass is 290 g/mol. The Bertz CT molecular complexity index is 369. The highest BCUT2D eigenvalue weighted by Crippen LogP contribution is 2.12. The first-order valence-electron chi connectivity index (χ1n) is 5.48. The molecule has 1 aromatic heterocycles. The van der Waals surface area contributed by atoms with Crippen molar-refractivity contribution in [2.24, 2.45) is 0 Å². The summed E-state index contributed by atoms with van der Waals surface area (Å²) < 4.78 is 10.3. The van der Waals surface area contributed by atoms with Crippen LogP contribution in [0.4, 0.5) is 0 Å². The van der Waals surface area contributed by atoms with Crippen molar-refractivity contribution in [3.63, 3.8) is 0 Å². The van der Waals surface area contributed by atoms with Gasteiger partial charge in [-0.3, -0.25) is 4.98 Å². The quantitative estimate of drug-likeness (QED) is 0.747. The molecule has 0 spiro atoms. The van der Waals surface area contributed by atoms with Crippen LogP contribution in [0.2, 0.25) is 0 Å². The Hall–Kier alpha value is -0.810. The number of nitrogens with one attached hydrogen (secondary N) is 1. The minimum atomic E-state index is 0.248. The average molecular weight is 291 g/mol. The van der Waals surface area contributed by atoms with Crippen LogP contribution in [0.15, 0.2) is 28.9 Å². The predicted molar refractivity (Wildman–Crippen MR) is 73.1 cm³/mol. The van der Waals surface area contributed by atoms with E-state index in [1.165, 1.54) is 5.54 Å². The van der Waals surface area contributed by atoms with Crippen LogP contribution >= 0.6 is 23.2 Å². The summed E-state index contributed by atoms with van der Waals surface area (Å²) in [5.41, 5.74) is 2.22. The molecule has 0 saturated carbocycles. The van der Waals surface area contributed by atoms with Crippen molar-refractivity contribution in [2.75, 3.05) is 26.9 Å². The smallest absolute Gasteiger partial charge is 0.138 e. The maximum atomic E-state index is 5.71. The second-order valence-corrected chi connectivity index (χ2v) is 4.20. The fourth-order valence-corrected chi connectivity index (χ4v) is 1.29. The van der Waals surface area contributed by atoms with Crippen LogP contribution in [0.1, 0.15) is 5.69 Å². The van der Waals surface area contributed by atoms with Crippen LogP contribution in [0.5, 0.6) is 5.75 Å². The number of halogens is 2. The molecule has 0 aliphatic rings. The molecule has 0 atom stereocenters. The van der Waals surface area contributed by atoms with Crippen molar-refractivity contribution in [3.8, 4) is 5.75 Å². The highest BCUT2D eigenvalue weighted by molar-refractivity contribution is 6.36. The Morgan fingerprint density at radius 3 is 2.94 bits per heavy atom. The van der Waals surface area contributed by atoms with E-state index in [0.29, 0.717) is 23.9 Å². The van der Waals surface area contributed by atoms with Crippen LogP contribution in [0.3, 0.4) is 0 Å². The van der Waals surface area contributed by atoms with E-state index >= 15 is 0 Å². The second-order valence-electron chi connectivity index (χ2n) is 3.50. The summed E-state index contributed by atoms with van der Waals surface area (Å²) in [6, 6.07) is 3.74. The molecule has 0 bridgehead atoms. The van der Waals surface area contributed by atoms with Gasteiger partial charge in [-0.1, -0.05) is 23.2 Å². The van der Waals surface area contributed by atoms with Crippen LogP contribution in [0.25, 0.3) is 0 Å². The summed E-state index contributed by atoms with van der Waals surface area (Å²) in [7, 11) is 1.67. The van der Waals surface area contributed by atoms with E-state index in [4.69, 9.17) is 32.7 Å². The van der Waals surface area contributed by atoms with E-state index in [0.717, 1.165) is 12.2 Å². The molecule has 1 rings (SSSR count). The molecular formula is C12H16Cl2N2O2. The third-order valence-corrected chi connectivity index (χ3v) is 2.68. The number of rotatable bonds is 8. The van der Waals surface area contributed by atoms with E-state index < -0.39 is 0 Å². The molecule has 0 aromatic carbocycles. The summed E-state index contributed by atoms with van der Waals surface area (Å²) in [6.07, 6.45) is 1.66. The standard InChI is InChI=1S/C12H16Cl2N2O2/c1-17-5-4-15-7-11-2-3-12(8-16-11)18-9-10(14)6-13/h2-3,6,8,15H,4-5,7,9H2,1H3. The van der Waals surface area contributed by atoms with E-state index in [1.807, 2.05) is 12.1 Å². The molecule has 6 heteroatoms. The van der Waals surface area contributed by atoms with Gasteiger partial charge in [0.1, 0.15) is 12.4 Å². The van der Waals surface area contributed by atoms with Gasteiger partial charge in [0.05, 0.1) is 23.5 Å². The minimum Gasteiger partial charge on any atom is -0.486 e. The summed E-state index contributed by atoms with van der Waals surface area (Å²) in [5.74, 6) is 0.660. The molecule has 1 aromatic rings. The molecule has 100 valence electrons. The lowest BCUT2D eigenvalue weighted by Crippen LogP contribution is -2.19. The first-order valence-corrected chi connectivity index (χ1v) is 6.30. The third kappa shape index (κ3) is 6.21. The van der Waals surface area contributed by atoms with Gasteiger partial charge >= 0.3 is 0 Å². The second kappa shape index (κ2) is 9.16. The summed E-state index contributed by atoms with van der Waals surface area (Å²) in [4.78, 5) is 4.26. The normalized spacial score (nSPS) is 11.6. The van der Waals surface area contributed by atoms with Gasteiger partial charge in [0.2, 0.25) is 0 Å². The lowest BCUT2D eigenvalue weighted by atomic mass is 10.3. The Labute approximate surface area is 117 Å². The number of nitrogens with zero attached hydrogens (tertiary/aromatic N) is 1.